The molecule has 1 N–H and O–H groups in total. The van der Waals surface area contributed by atoms with E-state index in [-0.39, 0.29) is 0 Å². The van der Waals surface area contributed by atoms with E-state index in [2.05, 4.69) is 0 Å². The Balaban J connectivity index is 2.27. The SMILES string of the molecule is CN(C)c1ccc(C(O)c2ccc(Cl)c(Cl)c2)cc1. The van der Waals surface area contributed by atoms with Gasteiger partial charge in [-0.15, -0.1) is 0 Å². The second kappa shape index (κ2) is 5.83. The molecule has 0 aromatic heterocycles. The van der Waals surface area contributed by atoms with E-state index >= 15 is 0 Å². The molecule has 0 spiro atoms. The van der Waals surface area contributed by atoms with E-state index in [1.807, 2.05) is 43.3 Å². The number of aliphatic hydroxyl groups excluding tert-OH is 1. The van der Waals surface area contributed by atoms with Crippen LogP contribution in [-0.4, -0.2) is 19.2 Å². The Morgan fingerprint density at radius 1 is 0.895 bits per heavy atom. The van der Waals surface area contributed by atoms with Crippen molar-refractivity contribution in [3.8, 4) is 0 Å². The zero-order chi connectivity index (χ0) is 14.0. The van der Waals surface area contributed by atoms with Crippen LogP contribution in [0.4, 0.5) is 5.69 Å². The Hall–Kier alpha value is -1.22. The summed E-state index contributed by atoms with van der Waals surface area (Å²) in [4.78, 5) is 2.01. The average Bonchev–Trinajstić information content (AvgIpc) is 2.41. The molecular weight excluding hydrogens is 281 g/mol. The van der Waals surface area contributed by atoms with Crippen LogP contribution in [0, 0.1) is 0 Å². The molecule has 0 aliphatic rings. The van der Waals surface area contributed by atoms with Crippen LogP contribution in [0.5, 0.6) is 0 Å². The molecule has 2 aromatic carbocycles. The summed E-state index contributed by atoms with van der Waals surface area (Å²) in [6.45, 7) is 0. The lowest BCUT2D eigenvalue weighted by Gasteiger charge is -2.16. The fourth-order valence-corrected chi connectivity index (χ4v) is 2.14. The van der Waals surface area contributed by atoms with Crippen molar-refractivity contribution in [2.45, 2.75) is 6.10 Å². The van der Waals surface area contributed by atoms with Gasteiger partial charge in [-0.2, -0.15) is 0 Å². The zero-order valence-corrected chi connectivity index (χ0v) is 12.3. The van der Waals surface area contributed by atoms with Gasteiger partial charge in [0.1, 0.15) is 6.10 Å². The Bertz CT molecular complexity index is 567. The normalized spacial score (nSPS) is 12.3. The number of benzene rings is 2. The monoisotopic (exact) mass is 295 g/mol. The number of aliphatic hydroxyl groups is 1. The number of rotatable bonds is 3. The molecule has 1 unspecified atom stereocenters. The molecule has 0 saturated carbocycles. The molecule has 100 valence electrons. The van der Waals surface area contributed by atoms with Gasteiger partial charge >= 0.3 is 0 Å². The third-order valence-electron chi connectivity index (χ3n) is 2.98. The average molecular weight is 296 g/mol. The van der Waals surface area contributed by atoms with Gasteiger partial charge in [-0.25, -0.2) is 0 Å². The number of hydrogen-bond donors (Lipinski definition) is 1. The van der Waals surface area contributed by atoms with Crippen molar-refractivity contribution in [2.24, 2.45) is 0 Å². The first-order valence-electron chi connectivity index (χ1n) is 5.89. The number of hydrogen-bond acceptors (Lipinski definition) is 2. The van der Waals surface area contributed by atoms with Crippen LogP contribution >= 0.6 is 23.2 Å². The van der Waals surface area contributed by atoms with Gasteiger partial charge in [0, 0.05) is 19.8 Å². The molecule has 2 aromatic rings. The quantitative estimate of drug-likeness (QED) is 0.920. The smallest absolute Gasteiger partial charge is 0.104 e. The van der Waals surface area contributed by atoms with E-state index in [4.69, 9.17) is 23.2 Å². The summed E-state index contributed by atoms with van der Waals surface area (Å²) in [5.74, 6) is 0. The van der Waals surface area contributed by atoms with Gasteiger partial charge in [0.15, 0.2) is 0 Å². The van der Waals surface area contributed by atoms with Crippen LogP contribution < -0.4 is 4.90 Å². The van der Waals surface area contributed by atoms with Crippen molar-refractivity contribution in [3.05, 3.63) is 63.6 Å². The van der Waals surface area contributed by atoms with Crippen LogP contribution in [0.2, 0.25) is 10.0 Å². The summed E-state index contributed by atoms with van der Waals surface area (Å²) >= 11 is 11.8. The number of anilines is 1. The first kappa shape index (κ1) is 14.2. The van der Waals surface area contributed by atoms with Gasteiger partial charge in [-0.05, 0) is 35.4 Å². The number of halogens is 2. The molecule has 19 heavy (non-hydrogen) atoms. The van der Waals surface area contributed by atoms with E-state index < -0.39 is 6.10 Å². The molecule has 2 nitrogen and oxygen atoms in total. The second-order valence-corrected chi connectivity index (χ2v) is 5.38. The molecule has 0 radical (unpaired) electrons. The van der Waals surface area contributed by atoms with Crippen molar-refractivity contribution in [3.63, 3.8) is 0 Å². The molecule has 0 heterocycles. The summed E-state index contributed by atoms with van der Waals surface area (Å²) in [5, 5.41) is 11.3. The van der Waals surface area contributed by atoms with Gasteiger partial charge in [0.25, 0.3) is 0 Å². The van der Waals surface area contributed by atoms with Crippen molar-refractivity contribution in [1.29, 1.82) is 0 Å². The molecule has 0 bridgehead atoms. The minimum Gasteiger partial charge on any atom is -0.384 e. The summed E-state index contributed by atoms with van der Waals surface area (Å²) in [5.41, 5.74) is 2.64. The highest BCUT2D eigenvalue weighted by atomic mass is 35.5. The minimum absolute atomic E-state index is 0.447. The predicted octanol–water partition coefficient (Wildman–Crippen LogP) is 4.14. The topological polar surface area (TPSA) is 23.5 Å². The molecule has 0 amide bonds. The standard InChI is InChI=1S/C15H15Cl2NO/c1-18(2)12-6-3-10(4-7-12)15(19)11-5-8-13(16)14(17)9-11/h3-9,15,19H,1-2H3. The molecule has 1 atom stereocenters. The maximum absolute atomic E-state index is 10.3. The highest BCUT2D eigenvalue weighted by Gasteiger charge is 2.12. The largest absolute Gasteiger partial charge is 0.384 e. The first-order valence-corrected chi connectivity index (χ1v) is 6.65. The maximum Gasteiger partial charge on any atom is 0.104 e. The Morgan fingerprint density at radius 3 is 2.00 bits per heavy atom. The summed E-state index contributed by atoms with van der Waals surface area (Å²) < 4.78 is 0. The molecule has 0 aliphatic heterocycles. The lowest BCUT2D eigenvalue weighted by molar-refractivity contribution is 0.220. The molecule has 0 fully saturated rings. The van der Waals surface area contributed by atoms with Crippen molar-refractivity contribution in [2.75, 3.05) is 19.0 Å². The molecule has 4 heteroatoms. The van der Waals surface area contributed by atoms with Crippen molar-refractivity contribution >= 4 is 28.9 Å². The van der Waals surface area contributed by atoms with E-state index in [1.165, 1.54) is 0 Å². The van der Waals surface area contributed by atoms with Crippen LogP contribution in [-0.2, 0) is 0 Å². The van der Waals surface area contributed by atoms with Crippen LogP contribution in [0.15, 0.2) is 42.5 Å². The fourth-order valence-electron chi connectivity index (χ4n) is 1.83. The Kier molecular flexibility index (Phi) is 4.35. The predicted molar refractivity (Wildman–Crippen MR) is 81.3 cm³/mol. The van der Waals surface area contributed by atoms with Crippen LogP contribution in [0.1, 0.15) is 17.2 Å². The van der Waals surface area contributed by atoms with Gasteiger partial charge in [0.05, 0.1) is 10.0 Å². The first-order chi connectivity index (χ1) is 8.99. The van der Waals surface area contributed by atoms with Gasteiger partial charge in [-0.1, -0.05) is 41.4 Å². The highest BCUT2D eigenvalue weighted by Crippen LogP contribution is 2.29. The summed E-state index contributed by atoms with van der Waals surface area (Å²) in [7, 11) is 3.95. The molecular formula is C15H15Cl2NO. The van der Waals surface area contributed by atoms with Crippen molar-refractivity contribution in [1.82, 2.24) is 0 Å². The molecule has 0 aliphatic carbocycles. The number of nitrogens with zero attached hydrogens (tertiary/aromatic N) is 1. The second-order valence-electron chi connectivity index (χ2n) is 4.56. The third-order valence-corrected chi connectivity index (χ3v) is 3.72. The van der Waals surface area contributed by atoms with Crippen LogP contribution in [0.25, 0.3) is 0 Å². The van der Waals surface area contributed by atoms with E-state index in [9.17, 15) is 5.11 Å². The summed E-state index contributed by atoms with van der Waals surface area (Å²) in [6.07, 6.45) is -0.703. The molecule has 2 rings (SSSR count). The Labute approximate surface area is 123 Å². The lowest BCUT2D eigenvalue weighted by Crippen LogP contribution is -2.08. The summed E-state index contributed by atoms with van der Waals surface area (Å²) in [6, 6.07) is 12.9. The Morgan fingerprint density at radius 2 is 1.47 bits per heavy atom. The highest BCUT2D eigenvalue weighted by molar-refractivity contribution is 6.42. The van der Waals surface area contributed by atoms with E-state index in [1.54, 1.807) is 18.2 Å². The lowest BCUT2D eigenvalue weighted by atomic mass is 10.0. The van der Waals surface area contributed by atoms with Gasteiger partial charge in [-0.3, -0.25) is 0 Å². The van der Waals surface area contributed by atoms with Gasteiger partial charge in [0.2, 0.25) is 0 Å². The van der Waals surface area contributed by atoms with Crippen LogP contribution in [0.3, 0.4) is 0 Å². The zero-order valence-electron chi connectivity index (χ0n) is 10.8. The molecule has 0 saturated heterocycles. The minimum atomic E-state index is -0.703. The third kappa shape index (κ3) is 3.21. The van der Waals surface area contributed by atoms with E-state index in [0.717, 1.165) is 16.8 Å². The van der Waals surface area contributed by atoms with E-state index in [0.29, 0.717) is 10.0 Å². The maximum atomic E-state index is 10.3. The van der Waals surface area contributed by atoms with Crippen molar-refractivity contribution < 1.29 is 5.11 Å². The fraction of sp³-hybridized carbons (Fsp3) is 0.200. The van der Waals surface area contributed by atoms with Gasteiger partial charge < -0.3 is 10.0 Å².